The van der Waals surface area contributed by atoms with Crippen LogP contribution in [-0.4, -0.2) is 16.4 Å². The van der Waals surface area contributed by atoms with Gasteiger partial charge in [0.05, 0.1) is 11.7 Å². The van der Waals surface area contributed by atoms with E-state index in [0.29, 0.717) is 6.04 Å². The second-order valence-corrected chi connectivity index (χ2v) is 4.87. The van der Waals surface area contributed by atoms with Crippen LogP contribution in [0.5, 0.6) is 0 Å². The molecule has 2 nitrogen and oxygen atoms in total. The molecule has 1 aromatic carbocycles. The molecule has 2 heterocycles. The van der Waals surface area contributed by atoms with Crippen molar-refractivity contribution in [2.45, 2.75) is 25.4 Å². The highest BCUT2D eigenvalue weighted by Gasteiger charge is 2.26. The Kier molecular flexibility index (Phi) is 3.37. The zero-order valence-corrected chi connectivity index (χ0v) is 10.5. The van der Waals surface area contributed by atoms with Gasteiger partial charge in [-0.3, -0.25) is 9.88 Å². The first-order valence-corrected chi connectivity index (χ1v) is 6.62. The Bertz CT molecular complexity index is 481. The van der Waals surface area contributed by atoms with Crippen molar-refractivity contribution in [2.75, 3.05) is 6.54 Å². The summed E-state index contributed by atoms with van der Waals surface area (Å²) in [4.78, 5) is 7.05. The highest BCUT2D eigenvalue weighted by molar-refractivity contribution is 5.16. The van der Waals surface area contributed by atoms with Gasteiger partial charge in [-0.25, -0.2) is 0 Å². The largest absolute Gasteiger partial charge is 0.291 e. The number of hydrogen-bond donors (Lipinski definition) is 0. The average Bonchev–Trinajstić information content (AvgIpc) is 2.89. The molecule has 3 rings (SSSR count). The lowest BCUT2D eigenvalue weighted by Gasteiger charge is -2.24. The minimum absolute atomic E-state index is 0.492. The Balaban J connectivity index is 1.76. The number of nitrogens with zero attached hydrogens (tertiary/aromatic N) is 2. The normalized spacial score (nSPS) is 20.1. The molecular weight excluding hydrogens is 220 g/mol. The molecular formula is C16H18N2. The van der Waals surface area contributed by atoms with Gasteiger partial charge in [0.25, 0.3) is 0 Å². The molecule has 1 unspecified atom stereocenters. The van der Waals surface area contributed by atoms with Crippen molar-refractivity contribution < 1.29 is 0 Å². The lowest BCUT2D eigenvalue weighted by Crippen LogP contribution is -2.23. The molecule has 1 saturated heterocycles. The van der Waals surface area contributed by atoms with Gasteiger partial charge in [-0.05, 0) is 37.1 Å². The van der Waals surface area contributed by atoms with Crippen LogP contribution in [0.15, 0.2) is 54.7 Å². The third-order valence-electron chi connectivity index (χ3n) is 3.62. The lowest BCUT2D eigenvalue weighted by molar-refractivity contribution is 0.244. The van der Waals surface area contributed by atoms with Gasteiger partial charge < -0.3 is 0 Å². The number of rotatable bonds is 3. The molecule has 0 spiro atoms. The van der Waals surface area contributed by atoms with Gasteiger partial charge in [0.1, 0.15) is 0 Å². The third kappa shape index (κ3) is 2.44. The van der Waals surface area contributed by atoms with Crippen LogP contribution in [0.1, 0.15) is 30.1 Å². The van der Waals surface area contributed by atoms with E-state index in [9.17, 15) is 0 Å². The maximum Gasteiger partial charge on any atom is 0.0575 e. The van der Waals surface area contributed by atoms with Crippen LogP contribution in [0.25, 0.3) is 0 Å². The predicted octanol–water partition coefficient (Wildman–Crippen LogP) is 3.42. The predicted molar refractivity (Wildman–Crippen MR) is 73.1 cm³/mol. The fraction of sp³-hybridized carbons (Fsp3) is 0.312. The Hall–Kier alpha value is -1.67. The van der Waals surface area contributed by atoms with Crippen LogP contribution >= 0.6 is 0 Å². The standard InChI is InChI=1S/C16H18N2/c1-2-7-14(8-3-1)13-18-12-6-10-16(18)15-9-4-5-11-17-15/h1-5,7-9,11,16H,6,10,12-13H2. The Morgan fingerprint density at radius 1 is 1.06 bits per heavy atom. The zero-order chi connectivity index (χ0) is 12.2. The van der Waals surface area contributed by atoms with Crippen LogP contribution in [0.4, 0.5) is 0 Å². The van der Waals surface area contributed by atoms with Crippen LogP contribution in [-0.2, 0) is 6.54 Å². The van der Waals surface area contributed by atoms with Gasteiger partial charge in [0.2, 0.25) is 0 Å². The molecule has 92 valence electrons. The molecule has 2 aromatic rings. The maximum absolute atomic E-state index is 4.51. The van der Waals surface area contributed by atoms with Crippen LogP contribution in [0.3, 0.4) is 0 Å². The third-order valence-corrected chi connectivity index (χ3v) is 3.62. The summed E-state index contributed by atoms with van der Waals surface area (Å²) in [5.74, 6) is 0. The first-order chi connectivity index (χ1) is 8.93. The summed E-state index contributed by atoms with van der Waals surface area (Å²) in [5.41, 5.74) is 2.60. The Morgan fingerprint density at radius 2 is 1.89 bits per heavy atom. The quantitative estimate of drug-likeness (QED) is 0.814. The molecule has 0 saturated carbocycles. The van der Waals surface area contributed by atoms with Crippen molar-refractivity contribution in [3.63, 3.8) is 0 Å². The summed E-state index contributed by atoms with van der Waals surface area (Å²) >= 11 is 0. The number of benzene rings is 1. The molecule has 0 radical (unpaired) electrons. The van der Waals surface area contributed by atoms with E-state index in [1.54, 1.807) is 0 Å². The summed E-state index contributed by atoms with van der Waals surface area (Å²) in [7, 11) is 0. The first kappa shape index (κ1) is 11.4. The monoisotopic (exact) mass is 238 g/mol. The van der Waals surface area contributed by atoms with E-state index in [2.05, 4.69) is 52.3 Å². The van der Waals surface area contributed by atoms with E-state index in [4.69, 9.17) is 0 Å². The summed E-state index contributed by atoms with van der Waals surface area (Å²) in [6.45, 7) is 2.21. The van der Waals surface area contributed by atoms with Gasteiger partial charge >= 0.3 is 0 Å². The maximum atomic E-state index is 4.51. The number of likely N-dealkylation sites (tertiary alicyclic amines) is 1. The molecule has 18 heavy (non-hydrogen) atoms. The molecule has 0 bridgehead atoms. The summed E-state index contributed by atoms with van der Waals surface area (Å²) in [5, 5.41) is 0. The fourth-order valence-electron chi connectivity index (χ4n) is 2.74. The van der Waals surface area contributed by atoms with E-state index in [-0.39, 0.29) is 0 Å². The van der Waals surface area contributed by atoms with E-state index < -0.39 is 0 Å². The van der Waals surface area contributed by atoms with Crippen molar-refractivity contribution >= 4 is 0 Å². The molecule has 0 N–H and O–H groups in total. The van der Waals surface area contributed by atoms with Crippen molar-refractivity contribution in [3.8, 4) is 0 Å². The fourth-order valence-corrected chi connectivity index (χ4v) is 2.74. The van der Waals surface area contributed by atoms with E-state index in [0.717, 1.165) is 6.54 Å². The molecule has 1 fully saturated rings. The minimum Gasteiger partial charge on any atom is -0.291 e. The van der Waals surface area contributed by atoms with Gasteiger partial charge in [-0.15, -0.1) is 0 Å². The van der Waals surface area contributed by atoms with Crippen molar-refractivity contribution in [2.24, 2.45) is 0 Å². The highest BCUT2D eigenvalue weighted by Crippen LogP contribution is 2.31. The van der Waals surface area contributed by atoms with Crippen molar-refractivity contribution in [1.82, 2.24) is 9.88 Å². The van der Waals surface area contributed by atoms with Gasteiger partial charge in [0, 0.05) is 12.7 Å². The topological polar surface area (TPSA) is 16.1 Å². The second-order valence-electron chi connectivity index (χ2n) is 4.87. The Labute approximate surface area is 108 Å². The SMILES string of the molecule is c1ccc(CN2CCCC2c2ccccn2)cc1. The van der Waals surface area contributed by atoms with Crippen LogP contribution in [0.2, 0.25) is 0 Å². The molecule has 1 aliphatic rings. The Morgan fingerprint density at radius 3 is 2.67 bits per heavy atom. The van der Waals surface area contributed by atoms with Crippen LogP contribution < -0.4 is 0 Å². The van der Waals surface area contributed by atoms with E-state index >= 15 is 0 Å². The van der Waals surface area contributed by atoms with Gasteiger partial charge in [-0.1, -0.05) is 36.4 Å². The average molecular weight is 238 g/mol. The smallest absolute Gasteiger partial charge is 0.0575 e. The molecule has 1 atom stereocenters. The number of aromatic nitrogens is 1. The molecule has 1 aromatic heterocycles. The van der Waals surface area contributed by atoms with Gasteiger partial charge in [-0.2, -0.15) is 0 Å². The summed E-state index contributed by atoms with van der Waals surface area (Å²) in [6.07, 6.45) is 4.40. The number of hydrogen-bond acceptors (Lipinski definition) is 2. The molecule has 0 aliphatic carbocycles. The first-order valence-electron chi connectivity index (χ1n) is 6.62. The van der Waals surface area contributed by atoms with Crippen molar-refractivity contribution in [3.05, 3.63) is 66.0 Å². The second kappa shape index (κ2) is 5.32. The highest BCUT2D eigenvalue weighted by atomic mass is 15.2. The van der Waals surface area contributed by atoms with Crippen molar-refractivity contribution in [1.29, 1.82) is 0 Å². The molecule has 0 amide bonds. The minimum atomic E-state index is 0.492. The zero-order valence-electron chi connectivity index (χ0n) is 10.5. The van der Waals surface area contributed by atoms with Gasteiger partial charge in [0.15, 0.2) is 0 Å². The summed E-state index contributed by atoms with van der Waals surface area (Å²) < 4.78 is 0. The number of pyridine rings is 1. The molecule has 2 heteroatoms. The van der Waals surface area contributed by atoms with E-state index in [1.165, 1.54) is 30.6 Å². The van der Waals surface area contributed by atoms with E-state index in [1.807, 2.05) is 12.3 Å². The summed E-state index contributed by atoms with van der Waals surface area (Å²) in [6, 6.07) is 17.4. The molecule has 1 aliphatic heterocycles. The lowest BCUT2D eigenvalue weighted by atomic mass is 10.1. The van der Waals surface area contributed by atoms with Crippen LogP contribution in [0, 0.1) is 0 Å².